The van der Waals surface area contributed by atoms with Crippen LogP contribution in [0.3, 0.4) is 0 Å². The highest BCUT2D eigenvalue weighted by Crippen LogP contribution is 2.09. The smallest absolute Gasteiger partial charge is 0.315 e. The largest absolute Gasteiger partial charge is 0.349 e. The van der Waals surface area contributed by atoms with Gasteiger partial charge >= 0.3 is 6.03 Å². The molecular formula is C15H23N3O2. The van der Waals surface area contributed by atoms with Crippen molar-refractivity contribution in [2.24, 2.45) is 0 Å². The molecule has 1 aromatic carbocycles. The Hall–Kier alpha value is -2.04. The summed E-state index contributed by atoms with van der Waals surface area (Å²) in [6.07, 6.45) is 0.310. The van der Waals surface area contributed by atoms with Crippen molar-refractivity contribution in [3.05, 3.63) is 34.9 Å². The fourth-order valence-electron chi connectivity index (χ4n) is 1.79. The predicted molar refractivity (Wildman–Crippen MR) is 79.5 cm³/mol. The van der Waals surface area contributed by atoms with Gasteiger partial charge < -0.3 is 15.5 Å². The van der Waals surface area contributed by atoms with Gasteiger partial charge in [0.25, 0.3) is 0 Å². The van der Waals surface area contributed by atoms with Crippen molar-refractivity contribution in [2.45, 2.75) is 26.8 Å². The Kier molecular flexibility index (Phi) is 6.03. The van der Waals surface area contributed by atoms with Gasteiger partial charge in [-0.1, -0.05) is 23.8 Å². The standard InChI is InChI=1S/C15H23N3O2/c1-11-5-6-13(12(2)9-11)10-17-15(20)16-8-7-14(19)18(3)4/h5-6,9H,7-8,10H2,1-4H3,(H2,16,17,20). The van der Waals surface area contributed by atoms with Gasteiger partial charge in [-0.15, -0.1) is 0 Å². The third kappa shape index (κ3) is 5.30. The Morgan fingerprint density at radius 1 is 1.15 bits per heavy atom. The minimum absolute atomic E-state index is 0.000297. The Morgan fingerprint density at radius 3 is 2.45 bits per heavy atom. The summed E-state index contributed by atoms with van der Waals surface area (Å²) in [6.45, 7) is 4.89. The van der Waals surface area contributed by atoms with Gasteiger partial charge in [-0.2, -0.15) is 0 Å². The zero-order valence-electron chi connectivity index (χ0n) is 12.6. The van der Waals surface area contributed by atoms with Crippen LogP contribution >= 0.6 is 0 Å². The Bertz CT molecular complexity index is 484. The predicted octanol–water partition coefficient (Wildman–Crippen LogP) is 1.58. The van der Waals surface area contributed by atoms with Crippen LogP contribution in [0.4, 0.5) is 4.79 Å². The summed E-state index contributed by atoms with van der Waals surface area (Å²) in [6, 6.07) is 5.87. The van der Waals surface area contributed by atoms with E-state index in [4.69, 9.17) is 0 Å². The SMILES string of the molecule is Cc1ccc(CNC(=O)NCCC(=O)N(C)C)c(C)c1. The van der Waals surface area contributed by atoms with E-state index in [9.17, 15) is 9.59 Å². The molecule has 0 fully saturated rings. The normalized spacial score (nSPS) is 10.0. The van der Waals surface area contributed by atoms with E-state index in [0.717, 1.165) is 11.1 Å². The molecule has 3 amide bonds. The van der Waals surface area contributed by atoms with Crippen LogP contribution in [0.5, 0.6) is 0 Å². The summed E-state index contributed by atoms with van der Waals surface area (Å²) in [5.41, 5.74) is 3.46. The third-order valence-electron chi connectivity index (χ3n) is 3.06. The van der Waals surface area contributed by atoms with E-state index in [1.807, 2.05) is 26.0 Å². The molecule has 0 aliphatic carbocycles. The van der Waals surface area contributed by atoms with E-state index in [-0.39, 0.29) is 11.9 Å². The van der Waals surface area contributed by atoms with E-state index in [2.05, 4.69) is 16.7 Å². The minimum atomic E-state index is -0.253. The molecule has 0 saturated heterocycles. The fraction of sp³-hybridized carbons (Fsp3) is 0.467. The van der Waals surface area contributed by atoms with Gasteiger partial charge in [0, 0.05) is 33.6 Å². The van der Waals surface area contributed by atoms with Crippen molar-refractivity contribution in [1.82, 2.24) is 15.5 Å². The second-order valence-electron chi connectivity index (χ2n) is 5.08. The Morgan fingerprint density at radius 2 is 1.85 bits per heavy atom. The number of nitrogens with zero attached hydrogens (tertiary/aromatic N) is 1. The first-order valence-electron chi connectivity index (χ1n) is 6.68. The molecule has 1 rings (SSSR count). The van der Waals surface area contributed by atoms with Crippen LogP contribution in [0, 0.1) is 13.8 Å². The number of carbonyl (C=O) groups is 2. The molecule has 0 bridgehead atoms. The number of benzene rings is 1. The first-order chi connectivity index (χ1) is 9.40. The minimum Gasteiger partial charge on any atom is -0.349 e. The summed E-state index contributed by atoms with van der Waals surface area (Å²) in [4.78, 5) is 24.4. The van der Waals surface area contributed by atoms with Gasteiger partial charge in [-0.25, -0.2) is 4.79 Å². The molecule has 110 valence electrons. The highest BCUT2D eigenvalue weighted by molar-refractivity contribution is 5.77. The van der Waals surface area contributed by atoms with E-state index < -0.39 is 0 Å². The van der Waals surface area contributed by atoms with Gasteiger partial charge in [-0.3, -0.25) is 4.79 Å². The molecule has 0 atom stereocenters. The zero-order valence-corrected chi connectivity index (χ0v) is 12.6. The molecule has 0 spiro atoms. The van der Waals surface area contributed by atoms with Gasteiger partial charge in [0.2, 0.25) is 5.91 Å². The number of carbonyl (C=O) groups excluding carboxylic acids is 2. The van der Waals surface area contributed by atoms with Crippen LogP contribution in [0.1, 0.15) is 23.1 Å². The van der Waals surface area contributed by atoms with E-state index in [1.54, 1.807) is 14.1 Å². The lowest BCUT2D eigenvalue weighted by atomic mass is 10.1. The molecule has 5 heteroatoms. The molecular weight excluding hydrogens is 254 g/mol. The van der Waals surface area contributed by atoms with Crippen LogP contribution < -0.4 is 10.6 Å². The lowest BCUT2D eigenvalue weighted by molar-refractivity contribution is -0.128. The number of rotatable bonds is 5. The number of aryl methyl sites for hydroxylation is 2. The quantitative estimate of drug-likeness (QED) is 0.858. The highest BCUT2D eigenvalue weighted by atomic mass is 16.2. The molecule has 0 unspecified atom stereocenters. The van der Waals surface area contributed by atoms with E-state index in [0.29, 0.717) is 19.5 Å². The molecule has 1 aromatic rings. The monoisotopic (exact) mass is 277 g/mol. The molecule has 0 radical (unpaired) electrons. The molecule has 0 aromatic heterocycles. The van der Waals surface area contributed by atoms with Gasteiger partial charge in [0.15, 0.2) is 0 Å². The molecule has 2 N–H and O–H groups in total. The second kappa shape index (κ2) is 7.53. The van der Waals surface area contributed by atoms with Crippen molar-refractivity contribution >= 4 is 11.9 Å². The van der Waals surface area contributed by atoms with Crippen molar-refractivity contribution < 1.29 is 9.59 Å². The van der Waals surface area contributed by atoms with Crippen molar-refractivity contribution in [2.75, 3.05) is 20.6 Å². The molecule has 0 heterocycles. The lowest BCUT2D eigenvalue weighted by Crippen LogP contribution is -2.37. The molecule has 0 aliphatic rings. The molecule has 0 saturated carbocycles. The van der Waals surface area contributed by atoms with Gasteiger partial charge in [0.05, 0.1) is 0 Å². The summed E-state index contributed by atoms with van der Waals surface area (Å²) in [5.74, 6) is -0.000297. The maximum atomic E-state index is 11.6. The lowest BCUT2D eigenvalue weighted by Gasteiger charge is -2.12. The third-order valence-corrected chi connectivity index (χ3v) is 3.06. The average molecular weight is 277 g/mol. The number of nitrogens with one attached hydrogen (secondary N) is 2. The zero-order chi connectivity index (χ0) is 15.1. The first kappa shape index (κ1) is 16.0. The van der Waals surface area contributed by atoms with Crippen LogP contribution in [0.25, 0.3) is 0 Å². The molecule has 0 aliphatic heterocycles. The molecule has 20 heavy (non-hydrogen) atoms. The van der Waals surface area contributed by atoms with Crippen LogP contribution in [0.2, 0.25) is 0 Å². The fourth-order valence-corrected chi connectivity index (χ4v) is 1.79. The highest BCUT2D eigenvalue weighted by Gasteiger charge is 2.06. The summed E-state index contributed by atoms with van der Waals surface area (Å²) >= 11 is 0. The first-order valence-corrected chi connectivity index (χ1v) is 6.68. The van der Waals surface area contributed by atoms with E-state index in [1.165, 1.54) is 10.5 Å². The maximum absolute atomic E-state index is 11.6. The van der Waals surface area contributed by atoms with Crippen LogP contribution in [0.15, 0.2) is 18.2 Å². The van der Waals surface area contributed by atoms with E-state index >= 15 is 0 Å². The van der Waals surface area contributed by atoms with Crippen molar-refractivity contribution in [3.63, 3.8) is 0 Å². The average Bonchev–Trinajstić information content (AvgIpc) is 2.37. The van der Waals surface area contributed by atoms with Gasteiger partial charge in [0.1, 0.15) is 0 Å². The van der Waals surface area contributed by atoms with Crippen molar-refractivity contribution in [1.29, 1.82) is 0 Å². The Labute approximate surface area is 120 Å². The number of amides is 3. The van der Waals surface area contributed by atoms with Crippen molar-refractivity contribution in [3.8, 4) is 0 Å². The van der Waals surface area contributed by atoms with Crippen LogP contribution in [-0.4, -0.2) is 37.5 Å². The summed E-state index contributed by atoms with van der Waals surface area (Å²) in [7, 11) is 3.39. The van der Waals surface area contributed by atoms with Crippen LogP contribution in [-0.2, 0) is 11.3 Å². The number of hydrogen-bond donors (Lipinski definition) is 2. The second-order valence-corrected chi connectivity index (χ2v) is 5.08. The number of urea groups is 1. The maximum Gasteiger partial charge on any atom is 0.315 e. The summed E-state index contributed by atoms with van der Waals surface area (Å²) < 4.78 is 0. The molecule has 5 nitrogen and oxygen atoms in total. The Balaban J connectivity index is 2.31. The number of hydrogen-bond acceptors (Lipinski definition) is 2. The topological polar surface area (TPSA) is 61.4 Å². The summed E-state index contributed by atoms with van der Waals surface area (Å²) in [5, 5.41) is 5.46. The van der Waals surface area contributed by atoms with Gasteiger partial charge in [-0.05, 0) is 25.0 Å².